The van der Waals surface area contributed by atoms with Crippen molar-refractivity contribution in [3.05, 3.63) is 53.1 Å². The van der Waals surface area contributed by atoms with Gasteiger partial charge >= 0.3 is 12.2 Å². The van der Waals surface area contributed by atoms with Crippen LogP contribution < -0.4 is 10.1 Å². The van der Waals surface area contributed by atoms with Crippen molar-refractivity contribution in [3.8, 4) is 5.19 Å². The number of likely N-dealkylation sites (tertiary alicyclic amines) is 1. The lowest BCUT2D eigenvalue weighted by molar-refractivity contribution is -0.137. The summed E-state index contributed by atoms with van der Waals surface area (Å²) in [5.74, 6) is 0. The van der Waals surface area contributed by atoms with Gasteiger partial charge < -0.3 is 15.0 Å². The first-order valence-corrected chi connectivity index (χ1v) is 10.4. The minimum absolute atomic E-state index is 0.0954. The van der Waals surface area contributed by atoms with Gasteiger partial charge in [-0.1, -0.05) is 35.1 Å². The summed E-state index contributed by atoms with van der Waals surface area (Å²) in [6.45, 7) is 0.863. The number of carbonyl (C=O) groups is 1. The van der Waals surface area contributed by atoms with Crippen molar-refractivity contribution in [2.75, 3.05) is 18.4 Å². The second-order valence-electron chi connectivity index (χ2n) is 6.88. The lowest BCUT2D eigenvalue weighted by atomic mass is 10.1. The van der Waals surface area contributed by atoms with E-state index in [0.29, 0.717) is 41.7 Å². The van der Waals surface area contributed by atoms with Crippen molar-refractivity contribution in [3.63, 3.8) is 0 Å². The van der Waals surface area contributed by atoms with Gasteiger partial charge in [-0.25, -0.2) is 9.78 Å². The molecule has 0 radical (unpaired) electrons. The number of para-hydroxylation sites is 1. The first-order chi connectivity index (χ1) is 14.3. The van der Waals surface area contributed by atoms with E-state index in [1.54, 1.807) is 11.0 Å². The normalized spacial score (nSPS) is 15.4. The number of benzene rings is 2. The molecule has 1 aromatic heterocycles. The Balaban J connectivity index is 1.32. The quantitative estimate of drug-likeness (QED) is 0.523. The molecule has 10 heteroatoms. The highest BCUT2D eigenvalue weighted by molar-refractivity contribution is 7.20. The maximum absolute atomic E-state index is 12.8. The van der Waals surface area contributed by atoms with E-state index in [2.05, 4.69) is 10.3 Å². The molecule has 0 bridgehead atoms. The maximum atomic E-state index is 12.8. The molecule has 1 aliphatic heterocycles. The van der Waals surface area contributed by atoms with Crippen LogP contribution in [0.1, 0.15) is 18.4 Å². The summed E-state index contributed by atoms with van der Waals surface area (Å²) in [5.41, 5.74) is 0.0139. The van der Waals surface area contributed by atoms with E-state index in [9.17, 15) is 18.0 Å². The Labute approximate surface area is 179 Å². The van der Waals surface area contributed by atoms with Gasteiger partial charge in [-0.2, -0.15) is 13.2 Å². The molecule has 1 saturated heterocycles. The molecule has 0 atom stereocenters. The molecule has 2 aromatic carbocycles. The van der Waals surface area contributed by atoms with Gasteiger partial charge in [0.05, 0.1) is 15.3 Å². The Kier molecular flexibility index (Phi) is 5.75. The molecule has 0 aliphatic carbocycles. The molecule has 1 aliphatic rings. The van der Waals surface area contributed by atoms with Crippen LogP contribution in [-0.2, 0) is 6.18 Å². The minimum atomic E-state index is -4.46. The molecular weight excluding hydrogens is 439 g/mol. The number of urea groups is 1. The Hall–Kier alpha value is -2.52. The summed E-state index contributed by atoms with van der Waals surface area (Å²) in [6.07, 6.45) is -3.36. The van der Waals surface area contributed by atoms with Gasteiger partial charge in [-0.3, -0.25) is 0 Å². The Morgan fingerprint density at radius 1 is 1.20 bits per heavy atom. The molecule has 2 heterocycles. The van der Waals surface area contributed by atoms with Crippen molar-refractivity contribution in [2.24, 2.45) is 0 Å². The van der Waals surface area contributed by atoms with Gasteiger partial charge in [-0.05, 0) is 30.3 Å². The number of piperidine rings is 1. The molecule has 4 rings (SSSR count). The highest BCUT2D eigenvalue weighted by Gasteiger charge is 2.31. The number of anilines is 1. The number of rotatable bonds is 3. The zero-order valence-electron chi connectivity index (χ0n) is 15.6. The molecule has 30 heavy (non-hydrogen) atoms. The van der Waals surface area contributed by atoms with Crippen molar-refractivity contribution in [2.45, 2.75) is 25.1 Å². The monoisotopic (exact) mass is 455 g/mol. The number of nitrogens with one attached hydrogen (secondary N) is 1. The van der Waals surface area contributed by atoms with Crippen LogP contribution in [0.25, 0.3) is 10.2 Å². The highest BCUT2D eigenvalue weighted by Crippen LogP contribution is 2.34. The van der Waals surface area contributed by atoms with E-state index in [4.69, 9.17) is 16.3 Å². The molecule has 3 aromatic rings. The van der Waals surface area contributed by atoms with Crippen molar-refractivity contribution < 1.29 is 22.7 Å². The smallest absolute Gasteiger partial charge is 0.416 e. The number of amides is 2. The maximum Gasteiger partial charge on any atom is 0.416 e. The number of hydrogen-bond acceptors (Lipinski definition) is 4. The molecule has 0 unspecified atom stereocenters. The van der Waals surface area contributed by atoms with Gasteiger partial charge in [0.2, 0.25) is 0 Å². The fourth-order valence-corrected chi connectivity index (χ4v) is 4.42. The van der Waals surface area contributed by atoms with Gasteiger partial charge in [-0.15, -0.1) is 0 Å². The van der Waals surface area contributed by atoms with E-state index in [0.717, 1.165) is 16.8 Å². The number of alkyl halides is 3. The zero-order valence-corrected chi connectivity index (χ0v) is 17.2. The largest absolute Gasteiger partial charge is 0.467 e. The van der Waals surface area contributed by atoms with E-state index < -0.39 is 17.8 Å². The summed E-state index contributed by atoms with van der Waals surface area (Å²) in [6, 6.07) is 9.71. The first-order valence-electron chi connectivity index (χ1n) is 9.24. The first kappa shape index (κ1) is 20.7. The Bertz CT molecular complexity index is 1060. The van der Waals surface area contributed by atoms with Gasteiger partial charge in [0.15, 0.2) is 0 Å². The van der Waals surface area contributed by atoms with Crippen LogP contribution >= 0.6 is 22.9 Å². The van der Waals surface area contributed by atoms with E-state index in [-0.39, 0.29) is 11.8 Å². The minimum Gasteiger partial charge on any atom is -0.467 e. The van der Waals surface area contributed by atoms with E-state index >= 15 is 0 Å². The lowest BCUT2D eigenvalue weighted by Crippen LogP contribution is -2.43. The van der Waals surface area contributed by atoms with Crippen LogP contribution in [0.5, 0.6) is 5.19 Å². The predicted octanol–water partition coefficient (Wildman–Crippen LogP) is 6.04. The lowest BCUT2D eigenvalue weighted by Gasteiger charge is -2.31. The molecule has 0 saturated carbocycles. The molecule has 0 spiro atoms. The third kappa shape index (κ3) is 4.62. The second-order valence-corrected chi connectivity index (χ2v) is 8.28. The fourth-order valence-electron chi connectivity index (χ4n) is 3.24. The number of fused-ring (bicyclic) bond motifs is 1. The van der Waals surface area contributed by atoms with Crippen molar-refractivity contribution in [1.82, 2.24) is 9.88 Å². The second kappa shape index (κ2) is 8.31. The number of halogens is 4. The molecule has 1 fully saturated rings. The standard InChI is InChI=1S/C20H17ClF3N3O2S/c21-15-5-2-6-16-17(15)26-19(30-16)29-14-7-9-27(10-8-14)18(28)25-13-4-1-3-12(11-13)20(22,23)24/h1-6,11,14H,7-10H2,(H,25,28). The number of aromatic nitrogens is 1. The van der Waals surface area contributed by atoms with Crippen LogP contribution in [0.4, 0.5) is 23.7 Å². The summed E-state index contributed by atoms with van der Waals surface area (Å²) in [5, 5.41) is 3.64. The van der Waals surface area contributed by atoms with Gasteiger partial charge in [0.1, 0.15) is 11.6 Å². The van der Waals surface area contributed by atoms with Crippen molar-refractivity contribution >= 4 is 44.9 Å². The van der Waals surface area contributed by atoms with Gasteiger partial charge in [0, 0.05) is 31.6 Å². The van der Waals surface area contributed by atoms with E-state index in [1.165, 1.54) is 23.5 Å². The third-order valence-corrected chi connectivity index (χ3v) is 6.00. The number of nitrogens with zero attached hydrogens (tertiary/aromatic N) is 2. The summed E-state index contributed by atoms with van der Waals surface area (Å²) in [7, 11) is 0. The Morgan fingerprint density at radius 3 is 2.63 bits per heavy atom. The highest BCUT2D eigenvalue weighted by atomic mass is 35.5. The molecule has 2 amide bonds. The molecule has 1 N–H and O–H groups in total. The third-order valence-electron chi connectivity index (χ3n) is 4.79. The number of hydrogen-bond donors (Lipinski definition) is 1. The number of ether oxygens (including phenoxy) is 1. The number of thiazole rings is 1. The summed E-state index contributed by atoms with van der Waals surface area (Å²) < 4.78 is 45.4. The van der Waals surface area contributed by atoms with Crippen LogP contribution in [0.15, 0.2) is 42.5 Å². The van der Waals surface area contributed by atoms with Crippen LogP contribution in [-0.4, -0.2) is 35.1 Å². The average molecular weight is 456 g/mol. The Morgan fingerprint density at radius 2 is 1.93 bits per heavy atom. The predicted molar refractivity (Wildman–Crippen MR) is 110 cm³/mol. The fraction of sp³-hybridized carbons (Fsp3) is 0.300. The molecular formula is C20H17ClF3N3O2S. The summed E-state index contributed by atoms with van der Waals surface area (Å²) >= 11 is 7.56. The van der Waals surface area contributed by atoms with Crippen LogP contribution in [0, 0.1) is 0 Å². The SMILES string of the molecule is O=C(Nc1cccc(C(F)(F)F)c1)N1CCC(Oc2nc3c(Cl)cccc3s2)CC1. The van der Waals surface area contributed by atoms with Crippen LogP contribution in [0.3, 0.4) is 0 Å². The van der Waals surface area contributed by atoms with Crippen LogP contribution in [0.2, 0.25) is 5.02 Å². The zero-order chi connectivity index (χ0) is 21.3. The van der Waals surface area contributed by atoms with Gasteiger partial charge in [0.25, 0.3) is 5.19 Å². The number of carbonyl (C=O) groups excluding carboxylic acids is 1. The average Bonchev–Trinajstić information content (AvgIpc) is 3.12. The topological polar surface area (TPSA) is 54.5 Å². The van der Waals surface area contributed by atoms with Crippen molar-refractivity contribution in [1.29, 1.82) is 0 Å². The summed E-state index contributed by atoms with van der Waals surface area (Å²) in [4.78, 5) is 18.4. The molecule has 158 valence electrons. The molecule has 5 nitrogen and oxygen atoms in total. The van der Waals surface area contributed by atoms with E-state index in [1.807, 2.05) is 12.1 Å².